The Morgan fingerprint density at radius 1 is 1.37 bits per heavy atom. The Morgan fingerprint density at radius 3 is 2.63 bits per heavy atom. The van der Waals surface area contributed by atoms with Gasteiger partial charge in [0.15, 0.2) is 5.78 Å². The predicted molar refractivity (Wildman–Crippen MR) is 103 cm³/mol. The summed E-state index contributed by atoms with van der Waals surface area (Å²) in [6.45, 7) is 5.82. The number of aliphatic hydroxyl groups is 1. The van der Waals surface area contributed by atoms with Crippen LogP contribution in [0.2, 0.25) is 0 Å². The van der Waals surface area contributed by atoms with Gasteiger partial charge in [-0.2, -0.15) is 0 Å². The molecule has 1 aromatic rings. The molecule has 1 heterocycles. The van der Waals surface area contributed by atoms with Crippen molar-refractivity contribution in [1.82, 2.24) is 10.2 Å². The maximum atomic E-state index is 13.0. The van der Waals surface area contributed by atoms with Crippen molar-refractivity contribution < 1.29 is 23.6 Å². The first-order valence-electron chi connectivity index (χ1n) is 10.5. The van der Waals surface area contributed by atoms with Gasteiger partial charge in [-0.15, -0.1) is 0 Å². The lowest BCUT2D eigenvalue weighted by Gasteiger charge is -2.26. The zero-order chi connectivity index (χ0) is 23.1. The summed E-state index contributed by atoms with van der Waals surface area (Å²) in [6.07, 6.45) is -2.80. The van der Waals surface area contributed by atoms with Crippen LogP contribution in [0.4, 0.5) is 0 Å². The SMILES string of the molecule is [2H]C1(C)Cc2ccccc2[C@H](NC(=O)[C@]([2H])(C)CC(=O)[C@@]([2H])(O)C(C)C)C(=O)N1C. The fourth-order valence-corrected chi connectivity index (χ4v) is 3.01. The van der Waals surface area contributed by atoms with E-state index in [0.29, 0.717) is 5.56 Å². The molecule has 0 radical (unpaired) electrons. The Morgan fingerprint density at radius 2 is 2.00 bits per heavy atom. The molecule has 0 bridgehead atoms. The molecule has 1 aliphatic rings. The van der Waals surface area contributed by atoms with Crippen LogP contribution in [0.15, 0.2) is 24.3 Å². The number of ketones is 1. The highest BCUT2D eigenvalue weighted by molar-refractivity contribution is 5.93. The third-order valence-electron chi connectivity index (χ3n) is 4.88. The summed E-state index contributed by atoms with van der Waals surface area (Å²) in [4.78, 5) is 39.5. The van der Waals surface area contributed by atoms with Crippen LogP contribution in [0.25, 0.3) is 0 Å². The number of nitrogens with zero attached hydrogens (tertiary/aromatic N) is 1. The molecule has 0 saturated carbocycles. The number of benzene rings is 1. The minimum Gasteiger partial charge on any atom is -0.385 e. The minimum atomic E-state index is -2.40. The number of rotatable bonds is 6. The van der Waals surface area contributed by atoms with E-state index in [2.05, 4.69) is 5.32 Å². The number of amides is 2. The van der Waals surface area contributed by atoms with Gasteiger partial charge in [0.2, 0.25) is 11.8 Å². The number of hydrogen-bond acceptors (Lipinski definition) is 4. The summed E-state index contributed by atoms with van der Waals surface area (Å²) >= 11 is 0. The highest BCUT2D eigenvalue weighted by atomic mass is 16.3. The lowest BCUT2D eigenvalue weighted by molar-refractivity contribution is -0.138. The molecule has 0 spiro atoms. The van der Waals surface area contributed by atoms with Crippen molar-refractivity contribution in [2.45, 2.75) is 58.7 Å². The largest absolute Gasteiger partial charge is 0.385 e. The number of likely N-dealkylation sites (N-methyl/N-ethyl adjacent to an activating group) is 1. The van der Waals surface area contributed by atoms with Crippen LogP contribution >= 0.6 is 0 Å². The molecule has 6 nitrogen and oxygen atoms in total. The second kappa shape index (κ2) is 8.65. The monoisotopic (exact) mass is 377 g/mol. The van der Waals surface area contributed by atoms with Crippen LogP contribution < -0.4 is 5.32 Å². The van der Waals surface area contributed by atoms with Crippen LogP contribution in [0, 0.1) is 11.8 Å². The van der Waals surface area contributed by atoms with Gasteiger partial charge < -0.3 is 15.3 Å². The Bertz CT molecular complexity index is 852. The fourth-order valence-electron chi connectivity index (χ4n) is 3.01. The molecule has 1 aliphatic heterocycles. The Hall–Kier alpha value is -2.21. The number of hydrogen-bond donors (Lipinski definition) is 2. The molecule has 148 valence electrons. The van der Waals surface area contributed by atoms with Crippen molar-refractivity contribution in [3.05, 3.63) is 35.4 Å². The molecule has 6 heteroatoms. The van der Waals surface area contributed by atoms with E-state index in [1.165, 1.54) is 32.7 Å². The molecule has 0 aliphatic carbocycles. The van der Waals surface area contributed by atoms with Crippen molar-refractivity contribution >= 4 is 17.6 Å². The molecule has 2 amide bonds. The summed E-state index contributed by atoms with van der Waals surface area (Å²) in [7, 11) is 1.49. The zero-order valence-electron chi connectivity index (χ0n) is 19.5. The Kier molecular flexibility index (Phi) is 5.42. The second-order valence-electron chi connectivity index (χ2n) is 7.33. The van der Waals surface area contributed by atoms with Crippen LogP contribution in [0.3, 0.4) is 0 Å². The maximum absolute atomic E-state index is 13.0. The number of carbonyl (C=O) groups excluding carboxylic acids is 3. The molecule has 2 N–H and O–H groups in total. The predicted octanol–water partition coefficient (Wildman–Crippen LogP) is 1.86. The van der Waals surface area contributed by atoms with Crippen molar-refractivity contribution in [1.29, 1.82) is 0 Å². The Labute approximate surface area is 165 Å². The molecule has 0 saturated heterocycles. The van der Waals surface area contributed by atoms with Crippen LogP contribution in [-0.4, -0.2) is 46.7 Å². The topological polar surface area (TPSA) is 86.7 Å². The molecule has 27 heavy (non-hydrogen) atoms. The van der Waals surface area contributed by atoms with Crippen LogP contribution in [0.1, 0.15) is 55.4 Å². The third kappa shape index (κ3) is 4.75. The minimum absolute atomic E-state index is 0.272. The lowest BCUT2D eigenvalue weighted by Crippen LogP contribution is -2.44. The van der Waals surface area contributed by atoms with E-state index in [4.69, 9.17) is 4.11 Å². The van der Waals surface area contributed by atoms with E-state index in [1.807, 2.05) is 0 Å². The van der Waals surface area contributed by atoms with Crippen molar-refractivity contribution in [3.8, 4) is 0 Å². The van der Waals surface area contributed by atoms with Gasteiger partial charge in [-0.1, -0.05) is 45.0 Å². The average Bonchev–Trinajstić information content (AvgIpc) is 2.70. The van der Waals surface area contributed by atoms with Crippen LogP contribution in [-0.2, 0) is 20.8 Å². The van der Waals surface area contributed by atoms with E-state index in [-0.39, 0.29) is 6.42 Å². The van der Waals surface area contributed by atoms with E-state index in [0.717, 1.165) is 5.56 Å². The van der Waals surface area contributed by atoms with Crippen LogP contribution in [0.5, 0.6) is 0 Å². The molecule has 0 aromatic heterocycles. The van der Waals surface area contributed by atoms with E-state index >= 15 is 0 Å². The number of carbonyl (C=O) groups is 3. The maximum Gasteiger partial charge on any atom is 0.249 e. The molecular weight excluding hydrogens is 344 g/mol. The molecule has 1 aromatic carbocycles. The molecule has 4 atom stereocenters. The van der Waals surface area contributed by atoms with Gasteiger partial charge in [-0.3, -0.25) is 14.4 Å². The molecular formula is C21H30N2O4. The quantitative estimate of drug-likeness (QED) is 0.792. The zero-order valence-corrected chi connectivity index (χ0v) is 16.5. The normalized spacial score (nSPS) is 28.7. The van der Waals surface area contributed by atoms with Gasteiger partial charge in [-0.25, -0.2) is 0 Å². The smallest absolute Gasteiger partial charge is 0.249 e. The van der Waals surface area contributed by atoms with E-state index < -0.39 is 54.0 Å². The standard InChI is InChI=1S/C21H30N2O4/c1-12(2)19(25)17(24)10-13(3)20(26)22-18-16-9-7-6-8-15(16)11-14(4)23(5)21(18)27/h6-9,12-14,18-19,25H,10-11H2,1-5H3,(H,22,26)/t13-,14?,18+,19+/m1/s1/i13D,14D,19D. The van der Waals surface area contributed by atoms with Gasteiger partial charge in [0, 0.05) is 26.8 Å². The van der Waals surface area contributed by atoms with Gasteiger partial charge in [0.25, 0.3) is 0 Å². The highest BCUT2D eigenvalue weighted by Crippen LogP contribution is 2.27. The first kappa shape index (κ1) is 16.9. The van der Waals surface area contributed by atoms with Crippen molar-refractivity contribution in [2.75, 3.05) is 7.05 Å². The molecule has 0 fully saturated rings. The molecule has 2 rings (SSSR count). The Balaban J connectivity index is 2.32. The molecule has 1 unspecified atom stereocenters. The second-order valence-corrected chi connectivity index (χ2v) is 7.33. The van der Waals surface area contributed by atoms with E-state index in [1.54, 1.807) is 31.2 Å². The summed E-state index contributed by atoms with van der Waals surface area (Å²) < 4.78 is 24.6. The van der Waals surface area contributed by atoms with Gasteiger partial charge in [-0.05, 0) is 30.4 Å². The third-order valence-corrected chi connectivity index (χ3v) is 4.88. The number of fused-ring (bicyclic) bond motifs is 1. The lowest BCUT2D eigenvalue weighted by atomic mass is 9.94. The average molecular weight is 377 g/mol. The van der Waals surface area contributed by atoms with Gasteiger partial charge >= 0.3 is 0 Å². The first-order valence-corrected chi connectivity index (χ1v) is 9.03. The fraction of sp³-hybridized carbons (Fsp3) is 0.571. The summed E-state index contributed by atoms with van der Waals surface area (Å²) in [5, 5.41) is 12.6. The summed E-state index contributed by atoms with van der Waals surface area (Å²) in [5.41, 5.74) is 1.28. The first-order chi connectivity index (χ1) is 13.6. The number of Topliss-reactive ketones (excluding diaryl/α,β-unsaturated/α-hetero) is 1. The van der Waals surface area contributed by atoms with Crippen molar-refractivity contribution in [2.24, 2.45) is 11.8 Å². The van der Waals surface area contributed by atoms with Gasteiger partial charge in [0.05, 0.1) is 2.74 Å². The number of nitrogens with one attached hydrogen (secondary N) is 1. The van der Waals surface area contributed by atoms with E-state index in [9.17, 15) is 19.5 Å². The summed E-state index contributed by atoms with van der Waals surface area (Å²) in [6, 6.07) is 4.68. The van der Waals surface area contributed by atoms with Gasteiger partial charge in [0.1, 0.15) is 12.1 Å². The summed E-state index contributed by atoms with van der Waals surface area (Å²) in [5.74, 6) is -5.00. The van der Waals surface area contributed by atoms with Crippen molar-refractivity contribution in [3.63, 3.8) is 0 Å². The highest BCUT2D eigenvalue weighted by Gasteiger charge is 2.34.